The van der Waals surface area contributed by atoms with E-state index < -0.39 is 22.5 Å². The molecule has 0 radical (unpaired) electrons. The summed E-state index contributed by atoms with van der Waals surface area (Å²) in [6.07, 6.45) is 2.49. The number of nitrogens with one attached hydrogen (secondary N) is 1. The highest BCUT2D eigenvalue weighted by atomic mass is 35.5. The lowest BCUT2D eigenvalue weighted by Crippen LogP contribution is -2.39. The van der Waals surface area contributed by atoms with E-state index in [1.54, 1.807) is 0 Å². The molecule has 7 nitrogen and oxygen atoms in total. The zero-order valence-electron chi connectivity index (χ0n) is 17.0. The molecule has 0 aliphatic heterocycles. The summed E-state index contributed by atoms with van der Waals surface area (Å²) in [5.74, 6) is -0.604. The Labute approximate surface area is 187 Å². The summed E-state index contributed by atoms with van der Waals surface area (Å²) < 4.78 is 25.2. The number of sulfonamides is 1. The van der Waals surface area contributed by atoms with E-state index in [0.29, 0.717) is 0 Å². The van der Waals surface area contributed by atoms with Gasteiger partial charge in [0.15, 0.2) is 0 Å². The molecule has 2 aromatic carbocycles. The van der Waals surface area contributed by atoms with E-state index in [4.69, 9.17) is 23.2 Å². The van der Waals surface area contributed by atoms with Gasteiger partial charge in [0.2, 0.25) is 10.0 Å². The first-order chi connectivity index (χ1) is 14.1. The maximum Gasteiger partial charge on any atom is 0.260 e. The lowest BCUT2D eigenvalue weighted by molar-refractivity contribution is -0.119. The molecular weight excluding hydrogens is 447 g/mol. The minimum absolute atomic E-state index is 0.195. The first-order valence-electron chi connectivity index (χ1n) is 9.24. The Balaban J connectivity index is 2.05. The largest absolute Gasteiger partial charge is 0.372 e. The van der Waals surface area contributed by atoms with Crippen LogP contribution in [0.25, 0.3) is 0 Å². The molecule has 0 atom stereocenters. The van der Waals surface area contributed by atoms with E-state index in [9.17, 15) is 13.2 Å². The minimum Gasteiger partial charge on any atom is -0.372 e. The fraction of sp³-hybridized carbons (Fsp3) is 0.300. The van der Waals surface area contributed by atoms with Crippen LogP contribution < -0.4 is 14.6 Å². The second-order valence-corrected chi connectivity index (χ2v) is 9.23. The molecule has 0 bridgehead atoms. The Hall–Kier alpha value is -2.29. The van der Waals surface area contributed by atoms with E-state index >= 15 is 0 Å². The maximum atomic E-state index is 12.3. The Bertz CT molecular complexity index is 987. The number of hydrazone groups is 1. The summed E-state index contributed by atoms with van der Waals surface area (Å²) in [6, 6.07) is 12.0. The van der Waals surface area contributed by atoms with Gasteiger partial charge in [-0.05, 0) is 49.7 Å². The van der Waals surface area contributed by atoms with Crippen LogP contribution >= 0.6 is 23.2 Å². The molecule has 0 aliphatic carbocycles. The van der Waals surface area contributed by atoms with Crippen molar-refractivity contribution in [3.63, 3.8) is 0 Å². The standard InChI is InChI=1S/C20H24Cl2N4O3S/c1-4-25(5-2)18-8-6-15(7-9-18)13-23-24-20(27)14-26(30(3,28)29)19-11-16(21)10-17(22)12-19/h6-13H,4-5,14H2,1-3H3,(H,24,27)/b23-13-. The summed E-state index contributed by atoms with van der Waals surface area (Å²) in [4.78, 5) is 14.5. The van der Waals surface area contributed by atoms with E-state index in [2.05, 4.69) is 29.3 Å². The third-order valence-corrected chi connectivity index (χ3v) is 5.82. The molecule has 2 rings (SSSR count). The smallest absolute Gasteiger partial charge is 0.260 e. The molecule has 0 unspecified atom stereocenters. The number of rotatable bonds is 9. The van der Waals surface area contributed by atoms with Gasteiger partial charge in [-0.3, -0.25) is 9.10 Å². The Morgan fingerprint density at radius 1 is 1.03 bits per heavy atom. The van der Waals surface area contributed by atoms with E-state index in [1.807, 2.05) is 24.3 Å². The number of halogens is 2. The first-order valence-corrected chi connectivity index (χ1v) is 11.8. The number of nitrogens with zero attached hydrogens (tertiary/aromatic N) is 3. The molecule has 0 aliphatic rings. The normalized spacial score (nSPS) is 11.5. The van der Waals surface area contributed by atoms with Gasteiger partial charge >= 0.3 is 0 Å². The molecule has 0 heterocycles. The molecule has 0 saturated carbocycles. The number of carbonyl (C=O) groups excluding carboxylic acids is 1. The molecule has 0 spiro atoms. The van der Waals surface area contributed by atoms with E-state index in [0.717, 1.165) is 34.9 Å². The van der Waals surface area contributed by atoms with Gasteiger partial charge in [-0.15, -0.1) is 0 Å². The van der Waals surface area contributed by atoms with Crippen LogP contribution in [0.3, 0.4) is 0 Å². The zero-order valence-corrected chi connectivity index (χ0v) is 19.3. The van der Waals surface area contributed by atoms with Crippen molar-refractivity contribution in [2.75, 3.05) is 35.1 Å². The quantitative estimate of drug-likeness (QED) is 0.446. The van der Waals surface area contributed by atoms with Crippen molar-refractivity contribution < 1.29 is 13.2 Å². The molecule has 0 saturated heterocycles. The van der Waals surface area contributed by atoms with Crippen LogP contribution in [0, 0.1) is 0 Å². The highest BCUT2D eigenvalue weighted by Crippen LogP contribution is 2.26. The van der Waals surface area contributed by atoms with Crippen LogP contribution in [-0.2, 0) is 14.8 Å². The fourth-order valence-electron chi connectivity index (χ4n) is 2.79. The number of amides is 1. The third kappa shape index (κ3) is 6.90. The number of hydrogen-bond donors (Lipinski definition) is 1. The summed E-state index contributed by atoms with van der Waals surface area (Å²) in [5, 5.41) is 4.43. The summed E-state index contributed by atoms with van der Waals surface area (Å²) in [6.45, 7) is 5.54. The van der Waals surface area contributed by atoms with Gasteiger partial charge < -0.3 is 4.90 Å². The molecule has 162 valence electrons. The average Bonchev–Trinajstić information content (AvgIpc) is 2.66. The fourth-order valence-corrected chi connectivity index (χ4v) is 4.14. The van der Waals surface area contributed by atoms with Crippen molar-refractivity contribution in [2.45, 2.75) is 13.8 Å². The van der Waals surface area contributed by atoms with Gasteiger partial charge in [0.1, 0.15) is 6.54 Å². The van der Waals surface area contributed by atoms with Crippen LogP contribution in [0.1, 0.15) is 19.4 Å². The highest BCUT2D eigenvalue weighted by molar-refractivity contribution is 7.92. The maximum absolute atomic E-state index is 12.3. The summed E-state index contributed by atoms with van der Waals surface area (Å²) in [7, 11) is -3.74. The predicted molar refractivity (Wildman–Crippen MR) is 124 cm³/mol. The number of carbonyl (C=O) groups is 1. The molecule has 1 amide bonds. The zero-order chi connectivity index (χ0) is 22.3. The minimum atomic E-state index is -3.74. The van der Waals surface area contributed by atoms with Gasteiger partial charge in [0.25, 0.3) is 5.91 Å². The highest BCUT2D eigenvalue weighted by Gasteiger charge is 2.21. The van der Waals surface area contributed by atoms with Crippen LogP contribution in [-0.4, -0.2) is 46.4 Å². The van der Waals surface area contributed by atoms with Crippen molar-refractivity contribution in [3.05, 3.63) is 58.1 Å². The lowest BCUT2D eigenvalue weighted by atomic mass is 10.2. The van der Waals surface area contributed by atoms with Gasteiger partial charge in [-0.2, -0.15) is 5.10 Å². The van der Waals surface area contributed by atoms with Crippen LogP contribution in [0.5, 0.6) is 0 Å². The van der Waals surface area contributed by atoms with Crippen molar-refractivity contribution in [3.8, 4) is 0 Å². The number of benzene rings is 2. The Kier molecular flexibility index (Phi) is 8.52. The van der Waals surface area contributed by atoms with Crippen LogP contribution in [0.2, 0.25) is 10.0 Å². The van der Waals surface area contributed by atoms with Gasteiger partial charge in [-0.25, -0.2) is 13.8 Å². The lowest BCUT2D eigenvalue weighted by Gasteiger charge is -2.21. The van der Waals surface area contributed by atoms with Crippen molar-refractivity contribution in [1.82, 2.24) is 5.43 Å². The Morgan fingerprint density at radius 3 is 2.10 bits per heavy atom. The SMILES string of the molecule is CCN(CC)c1ccc(/C=N\NC(=O)CN(c2cc(Cl)cc(Cl)c2)S(C)(=O)=O)cc1. The van der Waals surface area contributed by atoms with Crippen molar-refractivity contribution in [2.24, 2.45) is 5.10 Å². The Morgan fingerprint density at radius 2 is 1.60 bits per heavy atom. The van der Waals surface area contributed by atoms with E-state index in [1.165, 1.54) is 24.4 Å². The third-order valence-electron chi connectivity index (χ3n) is 4.25. The van der Waals surface area contributed by atoms with Crippen molar-refractivity contribution in [1.29, 1.82) is 0 Å². The second-order valence-electron chi connectivity index (χ2n) is 6.45. The summed E-state index contributed by atoms with van der Waals surface area (Å²) in [5.41, 5.74) is 4.44. The molecular formula is C20H24Cl2N4O3S. The van der Waals surface area contributed by atoms with E-state index in [-0.39, 0.29) is 15.7 Å². The van der Waals surface area contributed by atoms with Crippen LogP contribution in [0.15, 0.2) is 47.6 Å². The number of anilines is 2. The monoisotopic (exact) mass is 470 g/mol. The molecule has 0 fully saturated rings. The van der Waals surface area contributed by atoms with Crippen molar-refractivity contribution >= 4 is 56.7 Å². The second kappa shape index (κ2) is 10.7. The van der Waals surface area contributed by atoms with Gasteiger partial charge in [0.05, 0.1) is 18.2 Å². The molecule has 10 heteroatoms. The van der Waals surface area contributed by atoms with Gasteiger partial charge in [0, 0.05) is 28.8 Å². The van der Waals surface area contributed by atoms with Gasteiger partial charge in [-0.1, -0.05) is 35.3 Å². The average molecular weight is 471 g/mol. The number of hydrogen-bond acceptors (Lipinski definition) is 5. The molecule has 0 aromatic heterocycles. The molecule has 2 aromatic rings. The molecule has 1 N–H and O–H groups in total. The first kappa shape index (κ1) is 24.0. The van der Waals surface area contributed by atoms with Crippen LogP contribution in [0.4, 0.5) is 11.4 Å². The summed E-state index contributed by atoms with van der Waals surface area (Å²) >= 11 is 11.9. The topological polar surface area (TPSA) is 82.1 Å². The predicted octanol–water partition coefficient (Wildman–Crippen LogP) is 3.76. The molecule has 30 heavy (non-hydrogen) atoms.